The van der Waals surface area contributed by atoms with E-state index in [1.165, 1.54) is 6.33 Å². The van der Waals surface area contributed by atoms with Crippen molar-refractivity contribution in [2.75, 3.05) is 0 Å². The lowest BCUT2D eigenvalue weighted by atomic mass is 9.88. The molecule has 0 radical (unpaired) electrons. The first-order valence-electron chi connectivity index (χ1n) is 6.31. The maximum Gasteiger partial charge on any atom is 0.226 e. The van der Waals surface area contributed by atoms with Crippen molar-refractivity contribution < 1.29 is 9.53 Å². The van der Waals surface area contributed by atoms with Crippen LogP contribution in [0.5, 0.6) is 0 Å². The standard InChI is InChI=1S/C12H20N4O2/c1-6-8(3)18-9(4)10(6)12(17)15-7(2)11-13-5-14-16-11/h5-10H,1-4H3,(H,15,17)(H,13,14,16). The predicted molar refractivity (Wildman–Crippen MR) is 65.6 cm³/mol. The van der Waals surface area contributed by atoms with E-state index in [4.69, 9.17) is 4.74 Å². The fraction of sp³-hybridized carbons (Fsp3) is 0.750. The zero-order valence-corrected chi connectivity index (χ0v) is 11.2. The van der Waals surface area contributed by atoms with E-state index in [1.807, 2.05) is 20.8 Å². The molecule has 0 bridgehead atoms. The van der Waals surface area contributed by atoms with Crippen LogP contribution in [-0.4, -0.2) is 33.3 Å². The van der Waals surface area contributed by atoms with Gasteiger partial charge in [-0.05, 0) is 26.7 Å². The molecule has 0 spiro atoms. The van der Waals surface area contributed by atoms with E-state index < -0.39 is 0 Å². The topological polar surface area (TPSA) is 79.9 Å². The first-order chi connectivity index (χ1) is 8.50. The molecule has 0 aromatic carbocycles. The summed E-state index contributed by atoms with van der Waals surface area (Å²) in [7, 11) is 0. The number of ether oxygens (including phenoxy) is 1. The van der Waals surface area contributed by atoms with E-state index in [1.54, 1.807) is 0 Å². The Hall–Kier alpha value is -1.43. The fourth-order valence-corrected chi connectivity index (χ4v) is 2.52. The number of rotatable bonds is 3. The van der Waals surface area contributed by atoms with Gasteiger partial charge in [-0.15, -0.1) is 0 Å². The minimum atomic E-state index is -0.171. The Balaban J connectivity index is 2.00. The second kappa shape index (κ2) is 5.06. The largest absolute Gasteiger partial charge is 0.374 e. The van der Waals surface area contributed by atoms with Crippen molar-refractivity contribution in [1.82, 2.24) is 20.5 Å². The number of amides is 1. The summed E-state index contributed by atoms with van der Waals surface area (Å²) in [5, 5.41) is 9.49. The molecule has 2 rings (SSSR count). The third-order valence-electron chi connectivity index (χ3n) is 3.75. The summed E-state index contributed by atoms with van der Waals surface area (Å²) in [5.41, 5.74) is 0. The SMILES string of the molecule is CC(NC(=O)C1C(C)OC(C)C1C)c1ncn[nH]1. The molecule has 0 saturated carbocycles. The Bertz CT molecular complexity index is 406. The number of carbonyl (C=O) groups is 1. The van der Waals surface area contributed by atoms with Gasteiger partial charge in [0.05, 0.1) is 24.2 Å². The van der Waals surface area contributed by atoms with Gasteiger partial charge in [0.25, 0.3) is 0 Å². The first-order valence-corrected chi connectivity index (χ1v) is 6.31. The Morgan fingerprint density at radius 2 is 2.17 bits per heavy atom. The van der Waals surface area contributed by atoms with Gasteiger partial charge in [0.2, 0.25) is 5.91 Å². The molecule has 1 aromatic heterocycles. The molecule has 1 aromatic rings. The van der Waals surface area contributed by atoms with Crippen LogP contribution in [0, 0.1) is 11.8 Å². The van der Waals surface area contributed by atoms with Crippen LogP contribution in [0.3, 0.4) is 0 Å². The van der Waals surface area contributed by atoms with Crippen molar-refractivity contribution in [2.45, 2.75) is 45.9 Å². The van der Waals surface area contributed by atoms with Gasteiger partial charge in [-0.3, -0.25) is 9.89 Å². The second-order valence-electron chi connectivity index (χ2n) is 5.03. The number of carbonyl (C=O) groups excluding carboxylic acids is 1. The summed E-state index contributed by atoms with van der Waals surface area (Å²) >= 11 is 0. The maximum absolute atomic E-state index is 12.3. The van der Waals surface area contributed by atoms with Gasteiger partial charge in [0.1, 0.15) is 12.2 Å². The monoisotopic (exact) mass is 252 g/mol. The van der Waals surface area contributed by atoms with Crippen molar-refractivity contribution >= 4 is 5.91 Å². The third kappa shape index (κ3) is 2.38. The van der Waals surface area contributed by atoms with Crippen molar-refractivity contribution in [2.24, 2.45) is 11.8 Å². The van der Waals surface area contributed by atoms with Crippen LogP contribution in [0.2, 0.25) is 0 Å². The van der Waals surface area contributed by atoms with E-state index in [-0.39, 0.29) is 36.0 Å². The maximum atomic E-state index is 12.3. The molecular weight excluding hydrogens is 232 g/mol. The Morgan fingerprint density at radius 3 is 2.67 bits per heavy atom. The quantitative estimate of drug-likeness (QED) is 0.842. The number of nitrogens with one attached hydrogen (secondary N) is 2. The lowest BCUT2D eigenvalue weighted by Gasteiger charge is -2.20. The summed E-state index contributed by atoms with van der Waals surface area (Å²) in [5.74, 6) is 0.797. The molecule has 2 N–H and O–H groups in total. The highest BCUT2D eigenvalue weighted by Crippen LogP contribution is 2.32. The van der Waals surface area contributed by atoms with Gasteiger partial charge in [-0.1, -0.05) is 6.92 Å². The number of nitrogens with zero attached hydrogens (tertiary/aromatic N) is 2. The average molecular weight is 252 g/mol. The minimum absolute atomic E-state index is 0.0169. The van der Waals surface area contributed by atoms with Crippen LogP contribution in [-0.2, 0) is 9.53 Å². The molecule has 0 aliphatic carbocycles. The minimum Gasteiger partial charge on any atom is -0.374 e. The Morgan fingerprint density at radius 1 is 1.44 bits per heavy atom. The zero-order chi connectivity index (χ0) is 13.3. The van der Waals surface area contributed by atoms with Crippen LogP contribution < -0.4 is 5.32 Å². The van der Waals surface area contributed by atoms with Crippen LogP contribution in [0.15, 0.2) is 6.33 Å². The number of hydrogen-bond donors (Lipinski definition) is 2. The first kappa shape index (κ1) is 13.0. The highest BCUT2D eigenvalue weighted by atomic mass is 16.5. The molecule has 6 nitrogen and oxygen atoms in total. The second-order valence-corrected chi connectivity index (χ2v) is 5.03. The molecule has 5 unspecified atom stereocenters. The normalized spacial score (nSPS) is 33.3. The summed E-state index contributed by atoms with van der Waals surface area (Å²) < 4.78 is 5.68. The highest BCUT2D eigenvalue weighted by molar-refractivity contribution is 5.80. The summed E-state index contributed by atoms with van der Waals surface area (Å²) in [6, 6.07) is -0.171. The molecule has 1 amide bonds. The van der Waals surface area contributed by atoms with E-state index >= 15 is 0 Å². The molecule has 1 aliphatic heterocycles. The summed E-state index contributed by atoms with van der Waals surface area (Å²) in [6.07, 6.45) is 1.51. The van der Waals surface area contributed by atoms with Gasteiger partial charge in [0.15, 0.2) is 0 Å². The van der Waals surface area contributed by atoms with Crippen LogP contribution in [0.25, 0.3) is 0 Å². The predicted octanol–water partition coefficient (Wildman–Crippen LogP) is 1.04. The molecule has 5 atom stereocenters. The number of aromatic amines is 1. The molecule has 18 heavy (non-hydrogen) atoms. The summed E-state index contributed by atoms with van der Waals surface area (Å²) in [4.78, 5) is 16.3. The lowest BCUT2D eigenvalue weighted by molar-refractivity contribution is -0.127. The van der Waals surface area contributed by atoms with Gasteiger partial charge < -0.3 is 10.1 Å². The summed E-state index contributed by atoms with van der Waals surface area (Å²) in [6.45, 7) is 7.89. The third-order valence-corrected chi connectivity index (χ3v) is 3.75. The van der Waals surface area contributed by atoms with Crippen molar-refractivity contribution in [3.8, 4) is 0 Å². The number of H-pyrrole nitrogens is 1. The van der Waals surface area contributed by atoms with Crippen molar-refractivity contribution in [3.63, 3.8) is 0 Å². The van der Waals surface area contributed by atoms with Crippen molar-refractivity contribution in [1.29, 1.82) is 0 Å². The zero-order valence-electron chi connectivity index (χ0n) is 11.2. The van der Waals surface area contributed by atoms with Crippen LogP contribution >= 0.6 is 0 Å². The Labute approximate surface area is 107 Å². The van der Waals surface area contributed by atoms with E-state index in [0.29, 0.717) is 5.82 Å². The number of aromatic nitrogens is 3. The average Bonchev–Trinajstić information content (AvgIpc) is 2.88. The van der Waals surface area contributed by atoms with E-state index in [2.05, 4.69) is 27.4 Å². The molecule has 1 aliphatic rings. The van der Waals surface area contributed by atoms with Crippen LogP contribution in [0.1, 0.15) is 39.6 Å². The molecule has 1 saturated heterocycles. The van der Waals surface area contributed by atoms with Gasteiger partial charge in [-0.25, -0.2) is 4.98 Å². The van der Waals surface area contributed by atoms with E-state index in [9.17, 15) is 4.79 Å². The molecule has 2 heterocycles. The van der Waals surface area contributed by atoms with E-state index in [0.717, 1.165) is 0 Å². The smallest absolute Gasteiger partial charge is 0.226 e. The number of hydrogen-bond acceptors (Lipinski definition) is 4. The van der Waals surface area contributed by atoms with Gasteiger partial charge in [-0.2, -0.15) is 5.10 Å². The van der Waals surface area contributed by atoms with Crippen molar-refractivity contribution in [3.05, 3.63) is 12.2 Å². The Kier molecular flexibility index (Phi) is 3.65. The van der Waals surface area contributed by atoms with Gasteiger partial charge in [0, 0.05) is 0 Å². The van der Waals surface area contributed by atoms with Gasteiger partial charge >= 0.3 is 0 Å². The molecule has 6 heteroatoms. The van der Waals surface area contributed by atoms with Crippen LogP contribution in [0.4, 0.5) is 0 Å². The molecule has 1 fully saturated rings. The fourth-order valence-electron chi connectivity index (χ4n) is 2.52. The lowest BCUT2D eigenvalue weighted by Crippen LogP contribution is -2.38. The molecule has 100 valence electrons. The molecular formula is C12H20N4O2. The highest BCUT2D eigenvalue weighted by Gasteiger charge is 2.41.